The Morgan fingerprint density at radius 2 is 1.80 bits per heavy atom. The monoisotopic (exact) mass is 346 g/mol. The zero-order valence-corrected chi connectivity index (χ0v) is 15.7. The van der Waals surface area contributed by atoms with Crippen LogP contribution in [0, 0.1) is 34.5 Å². The normalized spacial score (nSPS) is 49.2. The van der Waals surface area contributed by atoms with Crippen LogP contribution in [0.2, 0.25) is 0 Å². The molecule has 4 nitrogen and oxygen atoms in total. The van der Waals surface area contributed by atoms with Crippen LogP contribution in [0.1, 0.15) is 72.1 Å². The van der Waals surface area contributed by atoms with Crippen LogP contribution >= 0.6 is 0 Å². The van der Waals surface area contributed by atoms with Gasteiger partial charge in [-0.25, -0.2) is 0 Å². The van der Waals surface area contributed by atoms with Crippen molar-refractivity contribution in [1.82, 2.24) is 0 Å². The molecule has 0 bridgehead atoms. The highest BCUT2D eigenvalue weighted by Gasteiger charge is 2.63. The molecule has 4 aliphatic carbocycles. The summed E-state index contributed by atoms with van der Waals surface area (Å²) in [6, 6.07) is 0. The lowest BCUT2D eigenvalue weighted by Crippen LogP contribution is -2.57. The molecule has 0 aromatic carbocycles. The first-order chi connectivity index (χ1) is 11.8. The summed E-state index contributed by atoms with van der Waals surface area (Å²) < 4.78 is 5.49. The predicted molar refractivity (Wildman–Crippen MR) is 92.7 cm³/mol. The smallest absolute Gasteiger partial charge is 0.302 e. The number of fused-ring (bicyclic) bond motifs is 5. The van der Waals surface area contributed by atoms with Crippen LogP contribution in [0.25, 0.3) is 0 Å². The van der Waals surface area contributed by atoms with E-state index in [1.165, 1.54) is 6.92 Å². The minimum atomic E-state index is -0.695. The number of ketones is 2. The van der Waals surface area contributed by atoms with Crippen LogP contribution in [-0.2, 0) is 19.1 Å². The summed E-state index contributed by atoms with van der Waals surface area (Å²) in [6.45, 7) is 5.78. The van der Waals surface area contributed by atoms with E-state index >= 15 is 0 Å². The van der Waals surface area contributed by atoms with Crippen molar-refractivity contribution in [2.45, 2.75) is 78.2 Å². The fourth-order valence-electron chi connectivity index (χ4n) is 7.07. The van der Waals surface area contributed by atoms with Gasteiger partial charge in [-0.3, -0.25) is 14.4 Å². The number of Topliss-reactive ketones (excluding diaryl/α,β-unsaturated/α-hetero) is 2. The Balaban J connectivity index is 1.59. The number of carbonyl (C=O) groups is 3. The summed E-state index contributed by atoms with van der Waals surface area (Å²) in [7, 11) is 0. The number of ether oxygens (including phenoxy) is 1. The van der Waals surface area contributed by atoms with E-state index in [0.29, 0.717) is 30.6 Å². The van der Waals surface area contributed by atoms with E-state index in [2.05, 4.69) is 6.92 Å². The van der Waals surface area contributed by atoms with Crippen molar-refractivity contribution >= 4 is 17.5 Å². The topological polar surface area (TPSA) is 60.4 Å². The van der Waals surface area contributed by atoms with Gasteiger partial charge >= 0.3 is 5.97 Å². The molecule has 0 aliphatic heterocycles. The molecule has 4 fully saturated rings. The van der Waals surface area contributed by atoms with Crippen LogP contribution < -0.4 is 0 Å². The summed E-state index contributed by atoms with van der Waals surface area (Å²) in [5, 5.41) is 0. The average Bonchev–Trinajstić information content (AvgIpc) is 2.86. The molecule has 0 amide bonds. The zero-order valence-electron chi connectivity index (χ0n) is 15.7. The standard InChI is InChI=1S/C21H30O4/c1-12(22)25-14-8-9-20(2)13(10-14)4-5-15-16-6-7-18(23)21(16,3)19(24)11-17(15)20/h13-17H,4-11H2,1-3H3/t13-,14-,15-,16-,17-,20-,21-/m0/s1. The van der Waals surface area contributed by atoms with E-state index in [-0.39, 0.29) is 35.0 Å². The van der Waals surface area contributed by atoms with Gasteiger partial charge in [-0.1, -0.05) is 6.92 Å². The quantitative estimate of drug-likeness (QED) is 0.536. The molecule has 0 aromatic rings. The maximum absolute atomic E-state index is 13.0. The molecule has 25 heavy (non-hydrogen) atoms. The maximum atomic E-state index is 13.0. The van der Waals surface area contributed by atoms with Gasteiger partial charge in [0.1, 0.15) is 17.7 Å². The third-order valence-corrected chi connectivity index (χ3v) is 8.53. The highest BCUT2D eigenvalue weighted by molar-refractivity contribution is 6.09. The molecule has 0 saturated heterocycles. The first-order valence-electron chi connectivity index (χ1n) is 10.0. The summed E-state index contributed by atoms with van der Waals surface area (Å²) in [5.74, 6) is 1.91. The third kappa shape index (κ3) is 2.35. The van der Waals surface area contributed by atoms with Gasteiger partial charge in [0.15, 0.2) is 0 Å². The van der Waals surface area contributed by atoms with Crippen molar-refractivity contribution in [2.24, 2.45) is 34.5 Å². The van der Waals surface area contributed by atoms with Gasteiger partial charge in [0.2, 0.25) is 0 Å². The van der Waals surface area contributed by atoms with E-state index in [4.69, 9.17) is 4.74 Å². The van der Waals surface area contributed by atoms with Crippen LogP contribution in [-0.4, -0.2) is 23.6 Å². The fourth-order valence-corrected chi connectivity index (χ4v) is 7.07. The van der Waals surface area contributed by atoms with E-state index < -0.39 is 5.41 Å². The molecular formula is C21H30O4. The Morgan fingerprint density at radius 1 is 1.04 bits per heavy atom. The number of carbonyl (C=O) groups excluding carboxylic acids is 3. The average molecular weight is 346 g/mol. The molecule has 4 saturated carbocycles. The van der Waals surface area contributed by atoms with Gasteiger partial charge in [-0.15, -0.1) is 0 Å². The summed E-state index contributed by atoms with van der Waals surface area (Å²) >= 11 is 0. The molecule has 0 N–H and O–H groups in total. The van der Waals surface area contributed by atoms with E-state index in [0.717, 1.165) is 38.5 Å². The van der Waals surface area contributed by atoms with Gasteiger partial charge in [0.25, 0.3) is 0 Å². The highest BCUT2D eigenvalue weighted by Crippen LogP contribution is 2.64. The van der Waals surface area contributed by atoms with E-state index in [1.54, 1.807) is 0 Å². The van der Waals surface area contributed by atoms with Crippen molar-refractivity contribution < 1.29 is 19.1 Å². The first kappa shape index (κ1) is 17.2. The Morgan fingerprint density at radius 3 is 2.52 bits per heavy atom. The second-order valence-electron chi connectivity index (χ2n) is 9.45. The number of hydrogen-bond donors (Lipinski definition) is 0. The van der Waals surface area contributed by atoms with Gasteiger partial charge in [-0.05, 0) is 74.5 Å². The van der Waals surface area contributed by atoms with Gasteiger partial charge in [-0.2, -0.15) is 0 Å². The zero-order chi connectivity index (χ0) is 18.0. The van der Waals surface area contributed by atoms with Crippen LogP contribution in [0.15, 0.2) is 0 Å². The third-order valence-electron chi connectivity index (χ3n) is 8.53. The number of hydrogen-bond acceptors (Lipinski definition) is 4. The highest BCUT2D eigenvalue weighted by atomic mass is 16.5. The van der Waals surface area contributed by atoms with E-state index in [1.807, 2.05) is 6.92 Å². The Labute approximate surface area is 150 Å². The SMILES string of the molecule is CC(=O)O[C@H]1CC[C@@]2(C)[C@@H](CC[C@H]3[C@@H]4CCC(=O)[C@@]4(C)C(=O)C[C@@H]32)C1. The Bertz CT molecular complexity index is 625. The van der Waals surface area contributed by atoms with Gasteiger partial charge in [0, 0.05) is 19.8 Å². The van der Waals surface area contributed by atoms with Crippen molar-refractivity contribution in [1.29, 1.82) is 0 Å². The maximum Gasteiger partial charge on any atom is 0.302 e. The largest absolute Gasteiger partial charge is 0.463 e. The molecular weight excluding hydrogens is 316 g/mol. The van der Waals surface area contributed by atoms with Crippen LogP contribution in [0.4, 0.5) is 0 Å². The molecule has 0 aromatic heterocycles. The molecule has 0 unspecified atom stereocenters. The predicted octanol–water partition coefficient (Wildman–Crippen LogP) is 3.71. The van der Waals surface area contributed by atoms with E-state index in [9.17, 15) is 14.4 Å². The fraction of sp³-hybridized carbons (Fsp3) is 0.857. The van der Waals surface area contributed by atoms with Crippen LogP contribution in [0.3, 0.4) is 0 Å². The van der Waals surface area contributed by atoms with Crippen molar-refractivity contribution in [2.75, 3.05) is 0 Å². The lowest BCUT2D eigenvalue weighted by molar-refractivity contribution is -0.165. The first-order valence-corrected chi connectivity index (χ1v) is 10.0. The Hall–Kier alpha value is -1.19. The van der Waals surface area contributed by atoms with Gasteiger partial charge < -0.3 is 4.74 Å². The number of rotatable bonds is 1. The lowest BCUT2D eigenvalue weighted by atomic mass is 9.45. The summed E-state index contributed by atoms with van der Waals surface area (Å²) in [6.07, 6.45) is 7.26. The molecule has 4 rings (SSSR count). The second-order valence-corrected chi connectivity index (χ2v) is 9.45. The Kier molecular flexibility index (Phi) is 3.90. The molecule has 4 heteroatoms. The molecule has 0 spiro atoms. The molecule has 0 radical (unpaired) electrons. The number of esters is 1. The summed E-state index contributed by atoms with van der Waals surface area (Å²) in [5.41, 5.74) is -0.540. The minimum Gasteiger partial charge on any atom is -0.463 e. The van der Waals surface area contributed by atoms with Crippen molar-refractivity contribution in [3.05, 3.63) is 0 Å². The van der Waals surface area contributed by atoms with Crippen molar-refractivity contribution in [3.8, 4) is 0 Å². The summed E-state index contributed by atoms with van der Waals surface area (Å²) in [4.78, 5) is 36.8. The van der Waals surface area contributed by atoms with Crippen LogP contribution in [0.5, 0.6) is 0 Å². The van der Waals surface area contributed by atoms with Gasteiger partial charge in [0.05, 0.1) is 5.41 Å². The minimum absolute atomic E-state index is 0.0461. The second kappa shape index (κ2) is 5.65. The van der Waals surface area contributed by atoms with Crippen molar-refractivity contribution in [3.63, 3.8) is 0 Å². The molecule has 7 atom stereocenters. The molecule has 4 aliphatic rings. The lowest BCUT2D eigenvalue weighted by Gasteiger charge is -2.59. The molecule has 138 valence electrons. The molecule has 0 heterocycles.